The van der Waals surface area contributed by atoms with E-state index >= 15 is 0 Å². The number of para-hydroxylation sites is 1. The normalized spacial score (nSPS) is 11.6. The average Bonchev–Trinajstić information content (AvgIpc) is 2.41. The minimum absolute atomic E-state index is 0.200. The lowest BCUT2D eigenvalue weighted by atomic mass is 10.2. The molecule has 1 atom stereocenters. The van der Waals surface area contributed by atoms with Crippen molar-refractivity contribution in [3.63, 3.8) is 0 Å². The van der Waals surface area contributed by atoms with Crippen LogP contribution in [0.25, 0.3) is 0 Å². The second-order valence-corrected chi connectivity index (χ2v) is 3.99. The summed E-state index contributed by atoms with van der Waals surface area (Å²) < 4.78 is 18.8. The van der Waals surface area contributed by atoms with Gasteiger partial charge in [0.15, 0.2) is 17.7 Å². The van der Waals surface area contributed by atoms with E-state index in [9.17, 15) is 14.0 Å². The van der Waals surface area contributed by atoms with E-state index in [1.165, 1.54) is 19.1 Å². The number of benzene rings is 1. The number of carbonyl (C=O) groups excluding carboxylic acids is 2. The first kappa shape index (κ1) is 15.9. The van der Waals surface area contributed by atoms with Crippen LogP contribution in [0.1, 0.15) is 19.4 Å². The smallest absolute Gasteiger partial charge is 0.321 e. The number of amides is 3. The number of halogens is 1. The third-order valence-corrected chi connectivity index (χ3v) is 2.46. The monoisotopic (exact) mass is 284 g/mol. The van der Waals surface area contributed by atoms with E-state index in [1.54, 1.807) is 6.92 Å². The molecule has 20 heavy (non-hydrogen) atoms. The molecule has 6 nitrogen and oxygen atoms in total. The summed E-state index contributed by atoms with van der Waals surface area (Å²) in [6.45, 7) is 3.03. The lowest BCUT2D eigenvalue weighted by Crippen LogP contribution is -2.45. The highest BCUT2D eigenvalue weighted by Crippen LogP contribution is 2.23. The van der Waals surface area contributed by atoms with E-state index < -0.39 is 30.5 Å². The predicted molar refractivity (Wildman–Crippen MR) is 69.6 cm³/mol. The maximum Gasteiger partial charge on any atom is 0.321 e. The number of aliphatic hydroxyl groups is 1. The second kappa shape index (κ2) is 7.44. The average molecular weight is 284 g/mol. The second-order valence-electron chi connectivity index (χ2n) is 3.99. The Morgan fingerprint density at radius 2 is 2.15 bits per heavy atom. The molecule has 0 radical (unpaired) electrons. The first-order chi connectivity index (χ1) is 9.49. The minimum atomic E-state index is -1.08. The van der Waals surface area contributed by atoms with Crippen molar-refractivity contribution in [2.45, 2.75) is 26.6 Å². The molecule has 3 amide bonds. The molecule has 0 heterocycles. The number of aliphatic hydroxyl groups excluding tert-OH is 1. The van der Waals surface area contributed by atoms with E-state index in [0.717, 1.165) is 6.07 Å². The van der Waals surface area contributed by atoms with Gasteiger partial charge in [-0.3, -0.25) is 10.1 Å². The van der Waals surface area contributed by atoms with Crippen LogP contribution in [0.5, 0.6) is 5.75 Å². The number of carbonyl (C=O) groups is 2. The molecule has 0 fully saturated rings. The predicted octanol–water partition coefficient (Wildman–Crippen LogP) is 0.931. The van der Waals surface area contributed by atoms with Crippen molar-refractivity contribution in [3.05, 3.63) is 29.6 Å². The standard InChI is InChI=1S/C13H17FN2O4/c1-3-15-13(19)16-12(18)8(2)20-11-9(7-17)5-4-6-10(11)14/h4-6,8,17H,3,7H2,1-2H3,(H2,15,16,18,19). The van der Waals surface area contributed by atoms with Crippen LogP contribution in [0.15, 0.2) is 18.2 Å². The van der Waals surface area contributed by atoms with Crippen molar-refractivity contribution in [2.75, 3.05) is 6.54 Å². The van der Waals surface area contributed by atoms with E-state index in [-0.39, 0.29) is 11.3 Å². The summed E-state index contributed by atoms with van der Waals surface area (Å²) in [4.78, 5) is 22.8. The number of nitrogens with one attached hydrogen (secondary N) is 2. The lowest BCUT2D eigenvalue weighted by molar-refractivity contribution is -0.126. The van der Waals surface area contributed by atoms with Gasteiger partial charge in [0.25, 0.3) is 5.91 Å². The highest BCUT2D eigenvalue weighted by molar-refractivity contribution is 5.96. The summed E-state index contributed by atoms with van der Waals surface area (Å²) in [6, 6.07) is 3.41. The number of imide groups is 1. The van der Waals surface area contributed by atoms with Gasteiger partial charge in [-0.1, -0.05) is 12.1 Å². The highest BCUT2D eigenvalue weighted by Gasteiger charge is 2.20. The zero-order chi connectivity index (χ0) is 15.1. The van der Waals surface area contributed by atoms with Crippen LogP contribution in [0.4, 0.5) is 9.18 Å². The quantitative estimate of drug-likeness (QED) is 0.750. The molecular formula is C13H17FN2O4. The molecule has 1 aromatic carbocycles. The molecule has 0 saturated heterocycles. The van der Waals surface area contributed by atoms with Crippen LogP contribution >= 0.6 is 0 Å². The first-order valence-electron chi connectivity index (χ1n) is 6.13. The molecule has 0 aromatic heterocycles. The van der Waals surface area contributed by atoms with Gasteiger partial charge in [-0.05, 0) is 19.9 Å². The Labute approximate surface area is 115 Å². The molecule has 0 bridgehead atoms. The Hall–Kier alpha value is -2.15. The van der Waals surface area contributed by atoms with Crippen LogP contribution in [-0.4, -0.2) is 29.7 Å². The van der Waals surface area contributed by atoms with Crippen molar-refractivity contribution in [1.29, 1.82) is 0 Å². The largest absolute Gasteiger partial charge is 0.477 e. The van der Waals surface area contributed by atoms with Gasteiger partial charge in [0.05, 0.1) is 6.61 Å². The van der Waals surface area contributed by atoms with Gasteiger partial charge < -0.3 is 15.2 Å². The van der Waals surface area contributed by atoms with Gasteiger partial charge in [-0.2, -0.15) is 0 Å². The SMILES string of the molecule is CCNC(=O)NC(=O)C(C)Oc1c(F)cccc1CO. The number of urea groups is 1. The van der Waals surface area contributed by atoms with Crippen molar-refractivity contribution in [3.8, 4) is 5.75 Å². The molecule has 0 aliphatic carbocycles. The number of hydrogen-bond donors (Lipinski definition) is 3. The molecule has 0 saturated carbocycles. The molecule has 0 spiro atoms. The van der Waals surface area contributed by atoms with Crippen molar-refractivity contribution >= 4 is 11.9 Å². The molecule has 110 valence electrons. The molecule has 3 N–H and O–H groups in total. The summed E-state index contributed by atoms with van der Waals surface area (Å²) >= 11 is 0. The number of ether oxygens (including phenoxy) is 1. The van der Waals surface area contributed by atoms with Gasteiger partial charge in [-0.15, -0.1) is 0 Å². The molecule has 1 unspecified atom stereocenters. The van der Waals surface area contributed by atoms with Crippen LogP contribution in [0, 0.1) is 5.82 Å². The molecule has 0 aliphatic heterocycles. The van der Waals surface area contributed by atoms with Gasteiger partial charge in [0.2, 0.25) is 0 Å². The third kappa shape index (κ3) is 4.20. The van der Waals surface area contributed by atoms with Gasteiger partial charge in [0.1, 0.15) is 0 Å². The van der Waals surface area contributed by atoms with Crippen molar-refractivity contribution in [2.24, 2.45) is 0 Å². The number of hydrogen-bond acceptors (Lipinski definition) is 4. The lowest BCUT2D eigenvalue weighted by Gasteiger charge is -2.16. The Kier molecular flexibility index (Phi) is 5.92. The van der Waals surface area contributed by atoms with Crippen molar-refractivity contribution in [1.82, 2.24) is 10.6 Å². The fourth-order valence-corrected chi connectivity index (χ4v) is 1.46. The maximum absolute atomic E-state index is 13.6. The minimum Gasteiger partial charge on any atom is -0.477 e. The first-order valence-corrected chi connectivity index (χ1v) is 6.13. The van der Waals surface area contributed by atoms with Crippen LogP contribution in [0.3, 0.4) is 0 Å². The summed E-state index contributed by atoms with van der Waals surface area (Å²) in [7, 11) is 0. The van der Waals surface area contributed by atoms with Gasteiger partial charge in [-0.25, -0.2) is 9.18 Å². The van der Waals surface area contributed by atoms with E-state index in [0.29, 0.717) is 6.54 Å². The Morgan fingerprint density at radius 1 is 1.45 bits per heavy atom. The molecule has 0 aliphatic rings. The van der Waals surface area contributed by atoms with Crippen molar-refractivity contribution < 1.29 is 23.8 Å². The van der Waals surface area contributed by atoms with Crippen LogP contribution in [0.2, 0.25) is 0 Å². The van der Waals surface area contributed by atoms with Crippen LogP contribution < -0.4 is 15.4 Å². The van der Waals surface area contributed by atoms with E-state index in [4.69, 9.17) is 9.84 Å². The number of rotatable bonds is 5. The Bertz CT molecular complexity index is 493. The summed E-state index contributed by atoms with van der Waals surface area (Å²) in [6.07, 6.45) is -1.08. The summed E-state index contributed by atoms with van der Waals surface area (Å²) in [5.41, 5.74) is 0.225. The molecule has 1 aromatic rings. The third-order valence-electron chi connectivity index (χ3n) is 2.46. The Balaban J connectivity index is 2.73. The summed E-state index contributed by atoms with van der Waals surface area (Å²) in [5, 5.41) is 13.5. The molecule has 1 rings (SSSR count). The maximum atomic E-state index is 13.6. The zero-order valence-corrected chi connectivity index (χ0v) is 11.3. The Morgan fingerprint density at radius 3 is 2.75 bits per heavy atom. The molecular weight excluding hydrogens is 267 g/mol. The van der Waals surface area contributed by atoms with Gasteiger partial charge in [0, 0.05) is 12.1 Å². The highest BCUT2D eigenvalue weighted by atomic mass is 19.1. The summed E-state index contributed by atoms with van der Waals surface area (Å²) in [5.74, 6) is -1.59. The zero-order valence-electron chi connectivity index (χ0n) is 11.3. The fraction of sp³-hybridized carbons (Fsp3) is 0.385. The van der Waals surface area contributed by atoms with E-state index in [2.05, 4.69) is 10.6 Å². The van der Waals surface area contributed by atoms with Crippen LogP contribution in [-0.2, 0) is 11.4 Å². The molecule has 7 heteroatoms. The fourth-order valence-electron chi connectivity index (χ4n) is 1.46. The van der Waals surface area contributed by atoms with Gasteiger partial charge >= 0.3 is 6.03 Å². The topological polar surface area (TPSA) is 87.7 Å². The van der Waals surface area contributed by atoms with E-state index in [1.807, 2.05) is 0 Å².